The smallest absolute Gasteiger partial charge is 0.264 e. The molecule has 7 nitrogen and oxygen atoms in total. The summed E-state index contributed by atoms with van der Waals surface area (Å²) in [6, 6.07) is 18.3. The molecule has 1 N–H and O–H groups in total. The van der Waals surface area contributed by atoms with Crippen molar-refractivity contribution < 1.29 is 18.0 Å². The number of carbonyl (C=O) groups excluding carboxylic acids is 2. The van der Waals surface area contributed by atoms with Gasteiger partial charge in [0, 0.05) is 18.1 Å². The number of likely N-dealkylation sites (N-methyl/N-ethyl adjacent to an activating group) is 1. The molecule has 3 aromatic rings. The lowest BCUT2D eigenvalue weighted by Gasteiger charge is -2.34. The van der Waals surface area contributed by atoms with Crippen LogP contribution in [0.5, 0.6) is 0 Å². The van der Waals surface area contributed by atoms with Gasteiger partial charge in [-0.1, -0.05) is 66.6 Å². The van der Waals surface area contributed by atoms with Crippen molar-refractivity contribution in [3.63, 3.8) is 0 Å². The Morgan fingerprint density at radius 3 is 2.21 bits per heavy atom. The lowest BCUT2D eigenvalue weighted by Crippen LogP contribution is -2.52. The number of carbonyl (C=O) groups is 2. The fourth-order valence-electron chi connectivity index (χ4n) is 4.38. The second-order valence-electron chi connectivity index (χ2n) is 9.52. The minimum absolute atomic E-state index is 0.0569. The zero-order valence-electron chi connectivity index (χ0n) is 23.1. The van der Waals surface area contributed by atoms with Crippen molar-refractivity contribution in [1.29, 1.82) is 0 Å². The van der Waals surface area contributed by atoms with Crippen molar-refractivity contribution >= 4 is 39.1 Å². The molecule has 0 saturated heterocycles. The Hall–Kier alpha value is -3.36. The van der Waals surface area contributed by atoms with E-state index in [1.54, 1.807) is 37.3 Å². The van der Waals surface area contributed by atoms with Crippen LogP contribution >= 0.6 is 11.6 Å². The first kappa shape index (κ1) is 30.2. The number of rotatable bonds is 11. The molecular formula is C30H36ClN3O4S. The van der Waals surface area contributed by atoms with Crippen LogP contribution in [0.25, 0.3) is 0 Å². The van der Waals surface area contributed by atoms with Crippen LogP contribution in [0.1, 0.15) is 42.5 Å². The Morgan fingerprint density at radius 2 is 1.59 bits per heavy atom. The van der Waals surface area contributed by atoms with E-state index in [0.717, 1.165) is 21.0 Å². The number of hydrogen-bond donors (Lipinski definition) is 1. The third kappa shape index (κ3) is 7.19. The number of sulfonamides is 1. The highest BCUT2D eigenvalue weighted by molar-refractivity contribution is 7.92. The summed E-state index contributed by atoms with van der Waals surface area (Å²) in [6.07, 6.45) is 0.365. The largest absolute Gasteiger partial charge is 0.355 e. The number of amides is 2. The van der Waals surface area contributed by atoms with Crippen molar-refractivity contribution in [3.05, 3.63) is 94.0 Å². The minimum atomic E-state index is -4.16. The van der Waals surface area contributed by atoms with Gasteiger partial charge < -0.3 is 10.2 Å². The van der Waals surface area contributed by atoms with Crippen molar-refractivity contribution in [2.45, 2.75) is 58.5 Å². The number of anilines is 1. The van der Waals surface area contributed by atoms with Gasteiger partial charge in [0.1, 0.15) is 12.6 Å². The SMILES string of the molecule is CCNC(=O)C(CC)N(Cc1ccccc1C)C(=O)CN(c1cc(Cl)ccc1C)S(=O)(=O)c1ccc(C)cc1. The van der Waals surface area contributed by atoms with E-state index in [0.29, 0.717) is 29.2 Å². The predicted octanol–water partition coefficient (Wildman–Crippen LogP) is 5.40. The summed E-state index contributed by atoms with van der Waals surface area (Å²) in [6.45, 7) is 9.30. The maximum Gasteiger partial charge on any atom is 0.264 e. The molecule has 0 bridgehead atoms. The standard InChI is InChI=1S/C30H36ClN3O4S/c1-6-27(30(36)32-7-2)33(19-24-11-9-8-10-22(24)4)29(35)20-34(28-18-25(31)15-14-23(28)5)39(37,38)26-16-12-21(3)13-17-26/h8-18,27H,6-7,19-20H2,1-5H3,(H,32,36). The third-order valence-corrected chi connectivity index (χ3v) is 8.68. The second kappa shape index (κ2) is 13.1. The second-order valence-corrected chi connectivity index (χ2v) is 11.8. The molecule has 9 heteroatoms. The van der Waals surface area contributed by atoms with Gasteiger partial charge in [-0.15, -0.1) is 0 Å². The van der Waals surface area contributed by atoms with Crippen molar-refractivity contribution in [2.75, 3.05) is 17.4 Å². The molecule has 2 amide bonds. The van der Waals surface area contributed by atoms with Crippen LogP contribution in [-0.2, 0) is 26.2 Å². The van der Waals surface area contributed by atoms with E-state index in [-0.39, 0.29) is 17.3 Å². The molecular weight excluding hydrogens is 534 g/mol. The van der Waals surface area contributed by atoms with Crippen LogP contribution in [0.2, 0.25) is 5.02 Å². The van der Waals surface area contributed by atoms with Crippen LogP contribution in [-0.4, -0.2) is 44.3 Å². The molecule has 3 rings (SSSR count). The van der Waals surface area contributed by atoms with Crippen molar-refractivity contribution in [2.24, 2.45) is 0 Å². The highest BCUT2D eigenvalue weighted by atomic mass is 35.5. The van der Waals surface area contributed by atoms with Gasteiger partial charge in [-0.2, -0.15) is 0 Å². The van der Waals surface area contributed by atoms with Crippen LogP contribution in [0.3, 0.4) is 0 Å². The molecule has 0 saturated carbocycles. The first-order valence-corrected chi connectivity index (χ1v) is 14.8. The molecule has 0 aliphatic carbocycles. The van der Waals surface area contributed by atoms with Gasteiger partial charge in [0.2, 0.25) is 11.8 Å². The van der Waals surface area contributed by atoms with Crippen LogP contribution < -0.4 is 9.62 Å². The Balaban J connectivity index is 2.12. The van der Waals surface area contributed by atoms with Crippen LogP contribution in [0.4, 0.5) is 5.69 Å². The topological polar surface area (TPSA) is 86.8 Å². The first-order valence-electron chi connectivity index (χ1n) is 13.0. The maximum absolute atomic E-state index is 14.1. The minimum Gasteiger partial charge on any atom is -0.355 e. The van der Waals surface area contributed by atoms with Gasteiger partial charge >= 0.3 is 0 Å². The number of hydrogen-bond acceptors (Lipinski definition) is 4. The van der Waals surface area contributed by atoms with E-state index in [4.69, 9.17) is 11.6 Å². The Labute approximate surface area is 236 Å². The van der Waals surface area contributed by atoms with Gasteiger partial charge in [0.15, 0.2) is 0 Å². The lowest BCUT2D eigenvalue weighted by molar-refractivity contribution is -0.140. The molecule has 1 unspecified atom stereocenters. The molecule has 0 fully saturated rings. The quantitative estimate of drug-likeness (QED) is 0.335. The van der Waals surface area contributed by atoms with Crippen LogP contribution in [0.15, 0.2) is 71.6 Å². The van der Waals surface area contributed by atoms with Crippen molar-refractivity contribution in [1.82, 2.24) is 10.2 Å². The Morgan fingerprint density at radius 1 is 0.923 bits per heavy atom. The number of nitrogens with zero attached hydrogens (tertiary/aromatic N) is 2. The van der Waals surface area contributed by atoms with E-state index in [9.17, 15) is 18.0 Å². The molecule has 3 aromatic carbocycles. The predicted molar refractivity (Wildman–Crippen MR) is 156 cm³/mol. The highest BCUT2D eigenvalue weighted by Crippen LogP contribution is 2.30. The summed E-state index contributed by atoms with van der Waals surface area (Å²) < 4.78 is 29.1. The third-order valence-electron chi connectivity index (χ3n) is 6.67. The molecule has 0 aromatic heterocycles. The van der Waals surface area contributed by atoms with Crippen molar-refractivity contribution in [3.8, 4) is 0 Å². The molecule has 0 heterocycles. The highest BCUT2D eigenvalue weighted by Gasteiger charge is 2.34. The number of nitrogens with one attached hydrogen (secondary N) is 1. The average molecular weight is 570 g/mol. The number of benzene rings is 3. The summed E-state index contributed by atoms with van der Waals surface area (Å²) in [4.78, 5) is 28.7. The molecule has 0 aliphatic rings. The summed E-state index contributed by atoms with van der Waals surface area (Å²) >= 11 is 6.28. The first-order chi connectivity index (χ1) is 18.5. The summed E-state index contributed by atoms with van der Waals surface area (Å²) in [5, 5.41) is 3.16. The van der Waals surface area contributed by atoms with E-state index in [1.165, 1.54) is 17.0 Å². The number of aryl methyl sites for hydroxylation is 3. The van der Waals surface area contributed by atoms with Gasteiger partial charge in [-0.3, -0.25) is 13.9 Å². The normalized spacial score (nSPS) is 12.1. The molecule has 39 heavy (non-hydrogen) atoms. The molecule has 1 atom stereocenters. The Kier molecular flexibility index (Phi) is 10.2. The van der Waals surface area contributed by atoms with E-state index < -0.39 is 28.5 Å². The van der Waals surface area contributed by atoms with E-state index >= 15 is 0 Å². The summed E-state index contributed by atoms with van der Waals surface area (Å²) in [5.41, 5.74) is 3.70. The van der Waals surface area contributed by atoms with Crippen LogP contribution in [0, 0.1) is 20.8 Å². The van der Waals surface area contributed by atoms with Gasteiger partial charge in [0.05, 0.1) is 10.6 Å². The molecule has 0 radical (unpaired) electrons. The lowest BCUT2D eigenvalue weighted by atomic mass is 10.1. The monoisotopic (exact) mass is 569 g/mol. The molecule has 0 spiro atoms. The molecule has 208 valence electrons. The summed E-state index contributed by atoms with van der Waals surface area (Å²) in [5.74, 6) is -0.778. The Bertz CT molecular complexity index is 1420. The fourth-order valence-corrected chi connectivity index (χ4v) is 6.02. The van der Waals surface area contributed by atoms with Gasteiger partial charge in [-0.05, 0) is 75.1 Å². The fraction of sp³-hybridized carbons (Fsp3) is 0.333. The van der Waals surface area contributed by atoms with Gasteiger partial charge in [0.25, 0.3) is 10.0 Å². The zero-order chi connectivity index (χ0) is 28.7. The van der Waals surface area contributed by atoms with E-state index in [1.807, 2.05) is 52.0 Å². The maximum atomic E-state index is 14.1. The van der Waals surface area contributed by atoms with E-state index in [2.05, 4.69) is 5.32 Å². The van der Waals surface area contributed by atoms with Gasteiger partial charge in [-0.25, -0.2) is 8.42 Å². The molecule has 0 aliphatic heterocycles. The average Bonchev–Trinajstić information content (AvgIpc) is 2.90. The number of halogens is 1. The zero-order valence-corrected chi connectivity index (χ0v) is 24.6. The summed E-state index contributed by atoms with van der Waals surface area (Å²) in [7, 11) is -4.16.